The summed E-state index contributed by atoms with van der Waals surface area (Å²) in [6.45, 7) is 0.721. The summed E-state index contributed by atoms with van der Waals surface area (Å²) < 4.78 is 7.75. The second-order valence-corrected chi connectivity index (χ2v) is 9.04. The molecule has 2 aromatic rings. The molecule has 2 fully saturated rings. The molecule has 6 nitrogen and oxygen atoms in total. The van der Waals surface area contributed by atoms with Crippen molar-refractivity contribution in [3.63, 3.8) is 0 Å². The van der Waals surface area contributed by atoms with E-state index in [1.807, 2.05) is 6.07 Å². The molecule has 0 atom stereocenters. The molecule has 0 saturated heterocycles. The number of pyridine rings is 1. The zero-order valence-electron chi connectivity index (χ0n) is 17.3. The molecule has 2 aliphatic carbocycles. The van der Waals surface area contributed by atoms with Crippen LogP contribution in [-0.2, 0) is 0 Å². The monoisotopic (exact) mass is 431 g/mol. The predicted octanol–water partition coefficient (Wildman–Crippen LogP) is 5.77. The van der Waals surface area contributed by atoms with Crippen LogP contribution in [0, 0.1) is 17.8 Å². The van der Waals surface area contributed by atoms with Gasteiger partial charge in [-0.3, -0.25) is 0 Å². The number of carbonyl (C=O) groups is 1. The first-order valence-corrected chi connectivity index (χ1v) is 11.6. The fraction of sp³-hybridized carbons (Fsp3) is 0.609. The maximum Gasteiger partial charge on any atom is 0.338 e. The summed E-state index contributed by atoms with van der Waals surface area (Å²) in [6, 6.07) is 4.87. The number of carboxylic acid groups (broad SMARTS) is 1. The average Bonchev–Trinajstić information content (AvgIpc) is 3.24. The molecule has 0 aliphatic heterocycles. The molecule has 2 saturated carbocycles. The summed E-state index contributed by atoms with van der Waals surface area (Å²) in [4.78, 5) is 15.3. The summed E-state index contributed by atoms with van der Waals surface area (Å²) in [5.74, 6) is 2.10. The Morgan fingerprint density at radius 2 is 1.70 bits per heavy atom. The topological polar surface area (TPSA) is 77.2 Å². The second kappa shape index (κ2) is 9.82. The van der Waals surface area contributed by atoms with Gasteiger partial charge in [0.05, 0.1) is 12.2 Å². The van der Waals surface area contributed by atoms with Crippen molar-refractivity contribution in [2.24, 2.45) is 17.8 Å². The number of aromatic nitrogens is 3. The Kier molecular flexibility index (Phi) is 6.93. The highest BCUT2D eigenvalue weighted by atomic mass is 35.5. The van der Waals surface area contributed by atoms with Crippen LogP contribution in [-0.4, -0.2) is 32.4 Å². The molecule has 1 N–H and O–H groups in total. The fourth-order valence-electron chi connectivity index (χ4n) is 5.19. The van der Waals surface area contributed by atoms with Gasteiger partial charge < -0.3 is 9.84 Å². The lowest BCUT2D eigenvalue weighted by atomic mass is 9.70. The number of hydrogen-bond donors (Lipinski definition) is 1. The maximum absolute atomic E-state index is 11.1. The maximum atomic E-state index is 11.1. The molecule has 162 valence electrons. The SMILES string of the molecule is O=C(O)c1ccc(-n2ccc(OCC(C3CCCCC3)C3CCCCC3)n2)nc1Cl. The number of carboxylic acids is 1. The standard InChI is InChI=1S/C23H30ClN3O3/c24-22-18(23(28)29)11-12-20(25-22)27-14-13-21(26-27)30-15-19(16-7-3-1-4-8-16)17-9-5-2-6-10-17/h11-14,16-17,19H,1-10,15H2,(H,28,29). The molecule has 0 aromatic carbocycles. The Balaban J connectivity index is 1.43. The van der Waals surface area contributed by atoms with Crippen molar-refractivity contribution in [2.45, 2.75) is 64.2 Å². The first kappa shape index (κ1) is 21.2. The summed E-state index contributed by atoms with van der Waals surface area (Å²) in [6.07, 6.45) is 15.2. The smallest absolute Gasteiger partial charge is 0.338 e. The Bertz CT molecular complexity index is 839. The molecule has 30 heavy (non-hydrogen) atoms. The van der Waals surface area contributed by atoms with Crippen LogP contribution in [0.4, 0.5) is 0 Å². The van der Waals surface area contributed by atoms with Crippen LogP contribution in [0.15, 0.2) is 24.4 Å². The van der Waals surface area contributed by atoms with Crippen molar-refractivity contribution < 1.29 is 14.6 Å². The van der Waals surface area contributed by atoms with Crippen LogP contribution in [0.2, 0.25) is 5.15 Å². The quantitative estimate of drug-likeness (QED) is 0.562. The number of hydrogen-bond acceptors (Lipinski definition) is 4. The molecule has 4 rings (SSSR count). The van der Waals surface area contributed by atoms with Crippen LogP contribution in [0.1, 0.15) is 74.6 Å². The van der Waals surface area contributed by atoms with Crippen molar-refractivity contribution in [1.29, 1.82) is 0 Å². The molecule has 2 aromatic heterocycles. The lowest BCUT2D eigenvalue weighted by molar-refractivity contribution is 0.0696. The zero-order valence-corrected chi connectivity index (χ0v) is 18.1. The minimum atomic E-state index is -1.10. The summed E-state index contributed by atoms with van der Waals surface area (Å²) in [7, 11) is 0. The van der Waals surface area contributed by atoms with E-state index in [0.717, 1.165) is 18.4 Å². The van der Waals surface area contributed by atoms with Crippen molar-refractivity contribution in [1.82, 2.24) is 14.8 Å². The van der Waals surface area contributed by atoms with Crippen LogP contribution >= 0.6 is 11.6 Å². The van der Waals surface area contributed by atoms with E-state index in [9.17, 15) is 4.79 Å². The molecule has 0 radical (unpaired) electrons. The highest BCUT2D eigenvalue weighted by molar-refractivity contribution is 6.32. The summed E-state index contributed by atoms with van der Waals surface area (Å²) in [5, 5.41) is 13.5. The number of nitrogens with zero attached hydrogens (tertiary/aromatic N) is 3. The van der Waals surface area contributed by atoms with E-state index in [1.54, 1.807) is 16.9 Å². The number of halogens is 1. The lowest BCUT2D eigenvalue weighted by Crippen LogP contribution is -2.32. The van der Waals surface area contributed by atoms with Crippen molar-refractivity contribution in [3.05, 3.63) is 35.1 Å². The lowest BCUT2D eigenvalue weighted by Gasteiger charge is -2.37. The first-order valence-electron chi connectivity index (χ1n) is 11.2. The third kappa shape index (κ3) is 4.97. The van der Waals surface area contributed by atoms with E-state index in [0.29, 0.717) is 17.6 Å². The summed E-state index contributed by atoms with van der Waals surface area (Å²) >= 11 is 5.99. The normalized spacial score (nSPS) is 18.6. The van der Waals surface area contributed by atoms with E-state index in [1.165, 1.54) is 70.3 Å². The van der Waals surface area contributed by atoms with E-state index in [2.05, 4.69) is 10.1 Å². The van der Waals surface area contributed by atoms with E-state index >= 15 is 0 Å². The van der Waals surface area contributed by atoms with Gasteiger partial charge in [-0.15, -0.1) is 5.10 Å². The van der Waals surface area contributed by atoms with Gasteiger partial charge in [0.1, 0.15) is 5.15 Å². The molecule has 2 aliphatic rings. The van der Waals surface area contributed by atoms with E-state index in [4.69, 9.17) is 21.4 Å². The Hall–Kier alpha value is -2.08. The second-order valence-electron chi connectivity index (χ2n) is 8.68. The van der Waals surface area contributed by atoms with Gasteiger partial charge in [0.25, 0.3) is 0 Å². The molecule has 2 heterocycles. The zero-order chi connectivity index (χ0) is 20.9. The van der Waals surface area contributed by atoms with Crippen LogP contribution in [0.5, 0.6) is 5.88 Å². The fourth-order valence-corrected chi connectivity index (χ4v) is 5.42. The van der Waals surface area contributed by atoms with Crippen LogP contribution < -0.4 is 4.74 Å². The van der Waals surface area contributed by atoms with Gasteiger partial charge in [0.2, 0.25) is 5.88 Å². The Labute approximate surface area is 182 Å². The van der Waals surface area contributed by atoms with Crippen LogP contribution in [0.3, 0.4) is 0 Å². The van der Waals surface area contributed by atoms with Gasteiger partial charge in [0, 0.05) is 12.3 Å². The van der Waals surface area contributed by atoms with Gasteiger partial charge in [0.15, 0.2) is 5.82 Å². The number of rotatable bonds is 7. The highest BCUT2D eigenvalue weighted by Gasteiger charge is 2.32. The Morgan fingerprint density at radius 3 is 2.27 bits per heavy atom. The predicted molar refractivity (Wildman–Crippen MR) is 115 cm³/mol. The molecular weight excluding hydrogens is 402 g/mol. The molecule has 0 bridgehead atoms. The minimum absolute atomic E-state index is 0.0214. The van der Waals surface area contributed by atoms with Crippen molar-refractivity contribution >= 4 is 17.6 Å². The molecule has 0 unspecified atom stereocenters. The molecular formula is C23H30ClN3O3. The minimum Gasteiger partial charge on any atom is -0.478 e. The third-order valence-corrected chi connectivity index (χ3v) is 7.09. The Morgan fingerprint density at radius 1 is 1.07 bits per heavy atom. The van der Waals surface area contributed by atoms with Gasteiger partial charge in [-0.25, -0.2) is 14.5 Å². The van der Waals surface area contributed by atoms with Gasteiger partial charge in [-0.1, -0.05) is 75.8 Å². The first-order chi connectivity index (χ1) is 14.6. The number of ether oxygens (including phenoxy) is 1. The molecule has 0 spiro atoms. The highest BCUT2D eigenvalue weighted by Crippen LogP contribution is 2.40. The number of aromatic carboxylic acids is 1. The molecule has 0 amide bonds. The average molecular weight is 432 g/mol. The summed E-state index contributed by atoms with van der Waals surface area (Å²) in [5.41, 5.74) is -0.0214. The van der Waals surface area contributed by atoms with Gasteiger partial charge >= 0.3 is 5.97 Å². The third-order valence-electron chi connectivity index (χ3n) is 6.80. The van der Waals surface area contributed by atoms with E-state index < -0.39 is 5.97 Å². The van der Waals surface area contributed by atoms with E-state index in [-0.39, 0.29) is 10.7 Å². The van der Waals surface area contributed by atoms with Crippen molar-refractivity contribution in [3.8, 4) is 11.7 Å². The molecule has 7 heteroatoms. The van der Waals surface area contributed by atoms with Crippen LogP contribution in [0.25, 0.3) is 5.82 Å². The van der Waals surface area contributed by atoms with Crippen molar-refractivity contribution in [2.75, 3.05) is 6.61 Å². The van der Waals surface area contributed by atoms with Gasteiger partial charge in [-0.2, -0.15) is 0 Å². The largest absolute Gasteiger partial charge is 0.478 e. The van der Waals surface area contributed by atoms with Gasteiger partial charge in [-0.05, 0) is 29.9 Å².